The number of carbonyl (C=O) groups is 1. The molecule has 3 rings (SSSR count). The van der Waals surface area contributed by atoms with Crippen LogP contribution < -0.4 is 5.32 Å². The van der Waals surface area contributed by atoms with E-state index in [0.29, 0.717) is 6.54 Å². The maximum atomic E-state index is 12.5. The Bertz CT molecular complexity index is 898. The lowest BCUT2D eigenvalue weighted by Crippen LogP contribution is -2.31. The van der Waals surface area contributed by atoms with Crippen LogP contribution in [0.25, 0.3) is 11.0 Å². The lowest BCUT2D eigenvalue weighted by Gasteiger charge is -2.19. The van der Waals surface area contributed by atoms with E-state index in [2.05, 4.69) is 27.2 Å². The molecule has 2 aromatic heterocycles. The average Bonchev–Trinajstić information content (AvgIpc) is 3.08. The topological polar surface area (TPSA) is 73.9 Å². The standard InChI is InChI=1S/C19H23N5O/c1-5-14-6-7-15(20-9-14)10-24(4)19(25)23-16-8-17-18(22-11-21-17)13(3)12(16)2/h6-9,11H,5,10H2,1-4H3,(H,21,22)(H,23,25). The fourth-order valence-corrected chi connectivity index (χ4v) is 2.76. The van der Waals surface area contributed by atoms with Crippen LogP contribution in [0.2, 0.25) is 0 Å². The third-order valence-corrected chi connectivity index (χ3v) is 4.56. The molecule has 0 aliphatic rings. The lowest BCUT2D eigenvalue weighted by molar-refractivity contribution is 0.220. The van der Waals surface area contributed by atoms with Gasteiger partial charge in [-0.3, -0.25) is 4.98 Å². The molecule has 0 saturated carbocycles. The summed E-state index contributed by atoms with van der Waals surface area (Å²) >= 11 is 0. The molecule has 0 spiro atoms. The van der Waals surface area contributed by atoms with Crippen LogP contribution >= 0.6 is 0 Å². The minimum Gasteiger partial charge on any atom is -0.345 e. The molecule has 25 heavy (non-hydrogen) atoms. The van der Waals surface area contributed by atoms with Crippen molar-refractivity contribution < 1.29 is 4.79 Å². The van der Waals surface area contributed by atoms with Crippen molar-refractivity contribution in [3.05, 3.63) is 53.1 Å². The number of rotatable bonds is 4. The van der Waals surface area contributed by atoms with Gasteiger partial charge in [-0.25, -0.2) is 9.78 Å². The second-order valence-electron chi connectivity index (χ2n) is 6.27. The number of benzene rings is 1. The Kier molecular flexibility index (Phi) is 4.70. The molecule has 0 atom stereocenters. The molecule has 6 nitrogen and oxygen atoms in total. The number of fused-ring (bicyclic) bond motifs is 1. The molecule has 0 unspecified atom stereocenters. The molecule has 0 bridgehead atoms. The van der Waals surface area contributed by atoms with Gasteiger partial charge in [-0.2, -0.15) is 0 Å². The summed E-state index contributed by atoms with van der Waals surface area (Å²) in [7, 11) is 1.77. The number of anilines is 1. The van der Waals surface area contributed by atoms with Gasteiger partial charge >= 0.3 is 6.03 Å². The van der Waals surface area contributed by atoms with Crippen LogP contribution in [0.15, 0.2) is 30.7 Å². The van der Waals surface area contributed by atoms with E-state index in [1.54, 1.807) is 18.3 Å². The number of aryl methyl sites for hydroxylation is 2. The molecule has 0 fully saturated rings. The molecule has 130 valence electrons. The molecule has 1 aromatic carbocycles. The number of H-pyrrole nitrogens is 1. The summed E-state index contributed by atoms with van der Waals surface area (Å²) in [5.74, 6) is 0. The van der Waals surface area contributed by atoms with Gasteiger partial charge in [0, 0.05) is 18.9 Å². The lowest BCUT2D eigenvalue weighted by atomic mass is 10.1. The summed E-state index contributed by atoms with van der Waals surface area (Å²) in [6.07, 6.45) is 4.49. The van der Waals surface area contributed by atoms with E-state index in [0.717, 1.165) is 40.0 Å². The Morgan fingerprint density at radius 1 is 1.24 bits per heavy atom. The van der Waals surface area contributed by atoms with Crippen LogP contribution in [-0.4, -0.2) is 32.9 Å². The van der Waals surface area contributed by atoms with Crippen molar-refractivity contribution in [2.75, 3.05) is 12.4 Å². The molecule has 0 aliphatic carbocycles. The summed E-state index contributed by atoms with van der Waals surface area (Å²) in [6.45, 7) is 6.55. The van der Waals surface area contributed by atoms with Gasteiger partial charge in [0.2, 0.25) is 0 Å². The molecule has 0 radical (unpaired) electrons. The molecule has 3 aromatic rings. The van der Waals surface area contributed by atoms with E-state index in [9.17, 15) is 4.79 Å². The number of urea groups is 1. The first-order chi connectivity index (χ1) is 12.0. The number of nitrogens with one attached hydrogen (secondary N) is 2. The van der Waals surface area contributed by atoms with Gasteiger partial charge in [0.15, 0.2) is 0 Å². The third kappa shape index (κ3) is 3.47. The second-order valence-corrected chi connectivity index (χ2v) is 6.27. The largest absolute Gasteiger partial charge is 0.345 e. The third-order valence-electron chi connectivity index (χ3n) is 4.56. The van der Waals surface area contributed by atoms with E-state index in [1.807, 2.05) is 38.2 Å². The van der Waals surface area contributed by atoms with E-state index in [4.69, 9.17) is 0 Å². The van der Waals surface area contributed by atoms with Crippen molar-refractivity contribution in [3.8, 4) is 0 Å². The Hall–Kier alpha value is -2.89. The summed E-state index contributed by atoms with van der Waals surface area (Å²) < 4.78 is 0. The molecule has 6 heteroatoms. The number of carbonyl (C=O) groups excluding carboxylic acids is 1. The van der Waals surface area contributed by atoms with Crippen LogP contribution in [0, 0.1) is 13.8 Å². The number of amides is 2. The van der Waals surface area contributed by atoms with Gasteiger partial charge < -0.3 is 15.2 Å². The molecule has 0 saturated heterocycles. The summed E-state index contributed by atoms with van der Waals surface area (Å²) in [4.78, 5) is 26.0. The first-order valence-electron chi connectivity index (χ1n) is 8.38. The molecular weight excluding hydrogens is 314 g/mol. The highest BCUT2D eigenvalue weighted by Crippen LogP contribution is 2.26. The maximum absolute atomic E-state index is 12.5. The number of hydrogen-bond donors (Lipinski definition) is 2. The van der Waals surface area contributed by atoms with Gasteiger partial charge in [0.25, 0.3) is 0 Å². The van der Waals surface area contributed by atoms with Gasteiger partial charge in [0.05, 0.1) is 29.6 Å². The van der Waals surface area contributed by atoms with Crippen molar-refractivity contribution in [2.24, 2.45) is 0 Å². The van der Waals surface area contributed by atoms with Crippen molar-refractivity contribution in [1.29, 1.82) is 0 Å². The Balaban J connectivity index is 1.73. The van der Waals surface area contributed by atoms with Crippen molar-refractivity contribution in [1.82, 2.24) is 19.9 Å². The first kappa shape index (κ1) is 17.0. The maximum Gasteiger partial charge on any atom is 0.321 e. The van der Waals surface area contributed by atoms with Crippen molar-refractivity contribution in [2.45, 2.75) is 33.7 Å². The summed E-state index contributed by atoms with van der Waals surface area (Å²) in [5, 5.41) is 2.99. The van der Waals surface area contributed by atoms with Crippen LogP contribution in [0.4, 0.5) is 10.5 Å². The van der Waals surface area contributed by atoms with Crippen LogP contribution in [0.3, 0.4) is 0 Å². The predicted octanol–water partition coefficient (Wildman–Crippen LogP) is 3.80. The fourth-order valence-electron chi connectivity index (χ4n) is 2.76. The predicted molar refractivity (Wildman–Crippen MR) is 99.7 cm³/mol. The van der Waals surface area contributed by atoms with E-state index in [1.165, 1.54) is 5.56 Å². The highest BCUT2D eigenvalue weighted by Gasteiger charge is 2.14. The molecule has 2 N–H and O–H groups in total. The SMILES string of the molecule is CCc1ccc(CN(C)C(=O)Nc2cc3[nH]cnc3c(C)c2C)nc1. The van der Waals surface area contributed by atoms with Gasteiger partial charge in [-0.15, -0.1) is 0 Å². The summed E-state index contributed by atoms with van der Waals surface area (Å²) in [6, 6.07) is 5.77. The molecule has 2 amide bonds. The van der Waals surface area contributed by atoms with Crippen LogP contribution in [0.5, 0.6) is 0 Å². The normalized spacial score (nSPS) is 10.9. The number of aromatic nitrogens is 3. The quantitative estimate of drug-likeness (QED) is 0.760. The number of nitrogens with zero attached hydrogens (tertiary/aromatic N) is 3. The first-order valence-corrected chi connectivity index (χ1v) is 8.38. The zero-order valence-corrected chi connectivity index (χ0v) is 15.1. The number of aromatic amines is 1. The van der Waals surface area contributed by atoms with Gasteiger partial charge in [-0.05, 0) is 49.1 Å². The van der Waals surface area contributed by atoms with E-state index in [-0.39, 0.29) is 6.03 Å². The fraction of sp³-hybridized carbons (Fsp3) is 0.316. The molecule has 2 heterocycles. The molecular formula is C19H23N5O. The van der Waals surface area contributed by atoms with Crippen LogP contribution in [0.1, 0.15) is 29.3 Å². The highest BCUT2D eigenvalue weighted by molar-refractivity contribution is 5.94. The number of hydrogen-bond acceptors (Lipinski definition) is 3. The van der Waals surface area contributed by atoms with E-state index < -0.39 is 0 Å². The van der Waals surface area contributed by atoms with Gasteiger partial charge in [0.1, 0.15) is 0 Å². The number of imidazole rings is 1. The Morgan fingerprint density at radius 3 is 2.72 bits per heavy atom. The molecule has 0 aliphatic heterocycles. The number of pyridine rings is 1. The van der Waals surface area contributed by atoms with E-state index >= 15 is 0 Å². The zero-order valence-electron chi connectivity index (χ0n) is 15.1. The summed E-state index contributed by atoms with van der Waals surface area (Å²) in [5.41, 5.74) is 6.78. The monoisotopic (exact) mass is 337 g/mol. The average molecular weight is 337 g/mol. The minimum atomic E-state index is -0.164. The minimum absolute atomic E-state index is 0.164. The Morgan fingerprint density at radius 2 is 2.04 bits per heavy atom. The van der Waals surface area contributed by atoms with Crippen LogP contribution in [-0.2, 0) is 13.0 Å². The zero-order chi connectivity index (χ0) is 18.0. The Labute approximate surface area is 147 Å². The van der Waals surface area contributed by atoms with Crippen molar-refractivity contribution in [3.63, 3.8) is 0 Å². The van der Waals surface area contributed by atoms with Crippen molar-refractivity contribution >= 4 is 22.8 Å². The highest BCUT2D eigenvalue weighted by atomic mass is 16.2. The van der Waals surface area contributed by atoms with Gasteiger partial charge in [-0.1, -0.05) is 13.0 Å². The second kappa shape index (κ2) is 6.93. The smallest absolute Gasteiger partial charge is 0.321 e.